The molecule has 0 bridgehead atoms. The van der Waals surface area contributed by atoms with Crippen molar-refractivity contribution in [1.82, 2.24) is 18.5 Å². The van der Waals surface area contributed by atoms with Crippen molar-refractivity contribution in [3.05, 3.63) is 225 Å². The first-order valence-corrected chi connectivity index (χ1v) is 29.3. The minimum absolute atomic E-state index is 0. The maximum atomic E-state index is 15.1. The van der Waals surface area contributed by atoms with E-state index in [1.807, 2.05) is 54.7 Å². The normalized spacial score (nSPS) is 12.9. The molecular formula is C76H71N5O3Pt-2. The van der Waals surface area contributed by atoms with Gasteiger partial charge in [0.25, 0.3) is 6.33 Å². The van der Waals surface area contributed by atoms with Crippen LogP contribution in [0.1, 0.15) is 132 Å². The first-order valence-electron chi connectivity index (χ1n) is 29.3. The smallest absolute Gasteiger partial charge is 0.268 e. The third kappa shape index (κ3) is 9.85. The maximum absolute atomic E-state index is 15.1. The van der Waals surface area contributed by atoms with Gasteiger partial charge in [0, 0.05) is 65.8 Å². The Labute approximate surface area is 512 Å². The van der Waals surface area contributed by atoms with Crippen molar-refractivity contribution < 1.29 is 30.4 Å². The molecule has 430 valence electrons. The Bertz CT molecular complexity index is 4850. The van der Waals surface area contributed by atoms with Gasteiger partial charge in [-0.2, -0.15) is 18.2 Å². The topological polar surface area (TPSA) is 74.4 Å². The summed E-state index contributed by atoms with van der Waals surface area (Å²) in [5, 5.41) is 4.15. The van der Waals surface area contributed by atoms with E-state index in [0.717, 1.165) is 88.9 Å². The fourth-order valence-electron chi connectivity index (χ4n) is 12.0. The number of para-hydroxylation sites is 2. The molecule has 5 aromatic heterocycles. The van der Waals surface area contributed by atoms with E-state index in [9.17, 15) is 0 Å². The SMILES string of the molecule is CC(C)(C)c1cc(-[n+]2[c-]n(-c3[c-]c(Oc4[c-]c5c(cc4)c4cc(-c6cc7c(=O)c8cc(C(C)(C)C)ccc8n8c9ccc(C(C)(C)C)cc9c(=O)c(c6)c78)ccc4n5-c4cc(C(C)(C)C)ccn4)ccc3)c3ccccc32)cc(C(C)(C)C)c1.[Pt]. The standard InChI is InChI=1S/C76H71N5O3.Pt/c1-72(2,3)47-24-29-63-58(39-47)70(82)60-34-46(35-61-69(60)81(63)64-30-25-48(73(4,5)6)40-59(64)71(61)83)45-23-28-62-57(33-45)56-27-26-55(43-67(56)80(62)68-41-49(31-32-77-68)74(7,8)9)84-54-20-18-19-52(42-54)78-44-79(66-22-17-16-21-65(66)78)53-37-50(75(10,11)12)36-51(38-53)76(13,14)15;/h16-41H,1-15H3;/q-2;. The molecule has 13 rings (SSSR count). The van der Waals surface area contributed by atoms with Crippen molar-refractivity contribution in [2.24, 2.45) is 0 Å². The molecule has 0 saturated heterocycles. The monoisotopic (exact) mass is 1300 g/mol. The van der Waals surface area contributed by atoms with Crippen LogP contribution in [0.15, 0.2) is 167 Å². The number of rotatable bonds is 6. The van der Waals surface area contributed by atoms with E-state index in [2.05, 4.69) is 244 Å². The van der Waals surface area contributed by atoms with Crippen LogP contribution in [-0.4, -0.2) is 18.5 Å². The van der Waals surface area contributed by atoms with E-state index < -0.39 is 0 Å². The van der Waals surface area contributed by atoms with Gasteiger partial charge in [0.2, 0.25) is 0 Å². The molecule has 5 heterocycles. The van der Waals surface area contributed by atoms with Crippen LogP contribution in [-0.2, 0) is 48.1 Å². The zero-order chi connectivity index (χ0) is 59.3. The average molecular weight is 1300 g/mol. The summed E-state index contributed by atoms with van der Waals surface area (Å²) in [6, 6.07) is 59.6. The molecule has 0 aliphatic carbocycles. The number of aromatic nitrogens is 5. The second-order valence-corrected chi connectivity index (χ2v) is 28.2. The largest absolute Gasteiger partial charge is 0.510 e. The second kappa shape index (κ2) is 20.0. The Morgan fingerprint density at radius 1 is 0.447 bits per heavy atom. The van der Waals surface area contributed by atoms with Gasteiger partial charge in [0.05, 0.1) is 33.3 Å². The van der Waals surface area contributed by atoms with Gasteiger partial charge < -0.3 is 18.3 Å². The summed E-state index contributed by atoms with van der Waals surface area (Å²) in [7, 11) is 0. The Morgan fingerprint density at radius 2 is 1.00 bits per heavy atom. The Balaban J connectivity index is 0.00000709. The molecule has 0 atom stereocenters. The van der Waals surface area contributed by atoms with Crippen LogP contribution < -0.4 is 20.2 Å². The molecule has 9 heteroatoms. The van der Waals surface area contributed by atoms with E-state index in [4.69, 9.17) is 9.72 Å². The van der Waals surface area contributed by atoms with Crippen LogP contribution in [0.5, 0.6) is 11.5 Å². The van der Waals surface area contributed by atoms with Crippen LogP contribution in [0.25, 0.3) is 99.3 Å². The van der Waals surface area contributed by atoms with Crippen molar-refractivity contribution in [3.8, 4) is 39.8 Å². The predicted molar refractivity (Wildman–Crippen MR) is 346 cm³/mol. The van der Waals surface area contributed by atoms with E-state index in [0.29, 0.717) is 38.6 Å². The van der Waals surface area contributed by atoms with Crippen molar-refractivity contribution in [1.29, 1.82) is 0 Å². The van der Waals surface area contributed by atoms with Crippen LogP contribution in [0.4, 0.5) is 0 Å². The molecule has 0 N–H and O–H groups in total. The predicted octanol–water partition coefficient (Wildman–Crippen LogP) is 17.6. The van der Waals surface area contributed by atoms with E-state index in [1.54, 1.807) is 0 Å². The summed E-state index contributed by atoms with van der Waals surface area (Å²) in [4.78, 5) is 35.3. The molecular weight excluding hydrogens is 1230 g/mol. The van der Waals surface area contributed by atoms with Crippen LogP contribution in [0, 0.1) is 18.5 Å². The molecule has 0 amide bonds. The molecule has 0 saturated carbocycles. The summed E-state index contributed by atoms with van der Waals surface area (Å²) >= 11 is 0. The summed E-state index contributed by atoms with van der Waals surface area (Å²) < 4.78 is 15.3. The van der Waals surface area contributed by atoms with Crippen molar-refractivity contribution >= 4 is 70.9 Å². The maximum Gasteiger partial charge on any atom is 0.268 e. The first-order chi connectivity index (χ1) is 39.6. The number of benzene rings is 8. The van der Waals surface area contributed by atoms with E-state index >= 15 is 9.59 Å². The van der Waals surface area contributed by atoms with Gasteiger partial charge in [-0.25, -0.2) is 4.98 Å². The summed E-state index contributed by atoms with van der Waals surface area (Å²) in [6.07, 6.45) is 5.59. The minimum atomic E-state index is -0.189. The summed E-state index contributed by atoms with van der Waals surface area (Å²) in [6.45, 7) is 33.2. The van der Waals surface area contributed by atoms with Gasteiger partial charge in [-0.1, -0.05) is 164 Å². The Hall–Kier alpha value is -8.19. The number of nitrogens with zero attached hydrogens (tertiary/aromatic N) is 5. The molecule has 85 heavy (non-hydrogen) atoms. The van der Waals surface area contributed by atoms with Crippen LogP contribution >= 0.6 is 0 Å². The average Bonchev–Trinajstić information content (AvgIpc) is 1.31. The third-order valence-corrected chi connectivity index (χ3v) is 17.0. The fraction of sp³-hybridized carbons (Fsp3) is 0.263. The number of fused-ring (bicyclic) bond motifs is 8. The van der Waals surface area contributed by atoms with Gasteiger partial charge in [-0.05, 0) is 144 Å². The van der Waals surface area contributed by atoms with Gasteiger partial charge in [-0.15, -0.1) is 29.7 Å². The molecule has 0 aliphatic heterocycles. The van der Waals surface area contributed by atoms with Crippen molar-refractivity contribution in [2.75, 3.05) is 0 Å². The number of imidazole rings is 1. The fourth-order valence-corrected chi connectivity index (χ4v) is 12.0. The van der Waals surface area contributed by atoms with E-state index in [-0.39, 0.29) is 59.0 Å². The van der Waals surface area contributed by atoms with Gasteiger partial charge in [0.1, 0.15) is 5.82 Å². The van der Waals surface area contributed by atoms with E-state index in [1.165, 1.54) is 11.1 Å². The minimum Gasteiger partial charge on any atom is -0.510 e. The molecule has 0 unspecified atom stereocenters. The molecule has 0 spiro atoms. The van der Waals surface area contributed by atoms with Crippen LogP contribution in [0.3, 0.4) is 0 Å². The summed E-state index contributed by atoms with van der Waals surface area (Å²) in [5.74, 6) is 1.79. The quantitative estimate of drug-likeness (QED) is 0.0720. The van der Waals surface area contributed by atoms with Crippen LogP contribution in [0.2, 0.25) is 0 Å². The molecule has 0 radical (unpaired) electrons. The molecule has 0 fully saturated rings. The zero-order valence-electron chi connectivity index (χ0n) is 51.3. The number of hydrogen-bond acceptors (Lipinski definition) is 4. The molecule has 13 aromatic rings. The molecule has 8 nitrogen and oxygen atoms in total. The second-order valence-electron chi connectivity index (χ2n) is 28.2. The first kappa shape index (κ1) is 57.2. The molecule has 8 aromatic carbocycles. The Morgan fingerprint density at radius 3 is 1.60 bits per heavy atom. The zero-order valence-corrected chi connectivity index (χ0v) is 53.6. The summed E-state index contributed by atoms with van der Waals surface area (Å²) in [5.41, 5.74) is 14.4. The third-order valence-electron chi connectivity index (χ3n) is 17.0. The molecule has 0 aliphatic rings. The van der Waals surface area contributed by atoms with Gasteiger partial charge >= 0.3 is 0 Å². The number of hydrogen-bond donors (Lipinski definition) is 0. The van der Waals surface area contributed by atoms with Gasteiger partial charge in [-0.3, -0.25) is 14.2 Å². The van der Waals surface area contributed by atoms with Gasteiger partial charge in [0.15, 0.2) is 10.9 Å². The van der Waals surface area contributed by atoms with Crippen molar-refractivity contribution in [3.63, 3.8) is 0 Å². The van der Waals surface area contributed by atoms with Crippen molar-refractivity contribution in [2.45, 2.75) is 131 Å². The Kier molecular flexibility index (Phi) is 13.4. The number of pyridine rings is 3. The number of ether oxygens (including phenoxy) is 1.